The number of hydrogen-bond acceptors (Lipinski definition) is 6. The van der Waals surface area contributed by atoms with Crippen molar-refractivity contribution in [3.63, 3.8) is 0 Å². The number of carbonyl (C=O) groups is 2. The first-order chi connectivity index (χ1) is 12.5. The minimum absolute atomic E-state index is 0.0379. The van der Waals surface area contributed by atoms with E-state index in [2.05, 4.69) is 5.10 Å². The van der Waals surface area contributed by atoms with Crippen LogP contribution in [0.4, 0.5) is 4.39 Å². The minimum Gasteiger partial charge on any atom is -0.508 e. The molecule has 26 heavy (non-hydrogen) atoms. The first kappa shape index (κ1) is 17.2. The lowest BCUT2D eigenvalue weighted by Crippen LogP contribution is -2.14. The summed E-state index contributed by atoms with van der Waals surface area (Å²) in [4.78, 5) is 24.0. The molecule has 7 nitrogen and oxygen atoms in total. The maximum atomic E-state index is 13.7. The molecule has 1 heterocycles. The van der Waals surface area contributed by atoms with E-state index in [0.29, 0.717) is 0 Å². The number of rotatable bonds is 5. The zero-order chi connectivity index (χ0) is 18.7. The van der Waals surface area contributed by atoms with Gasteiger partial charge in [0, 0.05) is 12.3 Å². The van der Waals surface area contributed by atoms with Gasteiger partial charge in [0.2, 0.25) is 5.78 Å². The summed E-state index contributed by atoms with van der Waals surface area (Å²) in [6.45, 7) is -0.609. The highest BCUT2D eigenvalue weighted by atomic mass is 19.1. The summed E-state index contributed by atoms with van der Waals surface area (Å²) < 4.78 is 19.8. The Morgan fingerprint density at radius 2 is 1.92 bits per heavy atom. The second kappa shape index (κ2) is 7.06. The first-order valence-electron chi connectivity index (χ1n) is 7.47. The molecule has 132 valence electrons. The smallest absolute Gasteiger partial charge is 0.341 e. The Morgan fingerprint density at radius 3 is 2.65 bits per heavy atom. The molecule has 0 atom stereocenters. The number of carbonyl (C=O) groups excluding carboxylic acids is 2. The molecule has 0 aliphatic heterocycles. The van der Waals surface area contributed by atoms with Crippen molar-refractivity contribution in [1.82, 2.24) is 9.78 Å². The number of halogens is 1. The second-order valence-electron chi connectivity index (χ2n) is 5.33. The first-order valence-corrected chi connectivity index (χ1v) is 7.47. The average Bonchev–Trinajstić information content (AvgIpc) is 3.09. The highest BCUT2D eigenvalue weighted by molar-refractivity contribution is 6.01. The van der Waals surface area contributed by atoms with Gasteiger partial charge in [-0.15, -0.1) is 0 Å². The fraction of sp³-hybridized carbons (Fsp3) is 0.0556. The van der Waals surface area contributed by atoms with Crippen molar-refractivity contribution in [3.05, 3.63) is 71.8 Å². The van der Waals surface area contributed by atoms with Crippen molar-refractivity contribution >= 4 is 11.8 Å². The lowest BCUT2D eigenvalue weighted by Gasteiger charge is -2.05. The van der Waals surface area contributed by atoms with Gasteiger partial charge in [-0.2, -0.15) is 5.10 Å². The van der Waals surface area contributed by atoms with Gasteiger partial charge in [-0.3, -0.25) is 4.79 Å². The van der Waals surface area contributed by atoms with Gasteiger partial charge in [-0.1, -0.05) is 12.1 Å². The second-order valence-corrected chi connectivity index (χ2v) is 5.33. The Balaban J connectivity index is 1.67. The Hall–Kier alpha value is -3.68. The average molecular weight is 356 g/mol. The van der Waals surface area contributed by atoms with Crippen LogP contribution < -0.4 is 0 Å². The van der Waals surface area contributed by atoms with Crippen LogP contribution in [-0.2, 0) is 4.74 Å². The van der Waals surface area contributed by atoms with Crippen LogP contribution >= 0.6 is 0 Å². The zero-order valence-electron chi connectivity index (χ0n) is 13.3. The Morgan fingerprint density at radius 1 is 1.15 bits per heavy atom. The number of aromatic hydroxyl groups is 2. The summed E-state index contributed by atoms with van der Waals surface area (Å²) in [5.74, 6) is -2.58. The zero-order valence-corrected chi connectivity index (χ0v) is 13.3. The molecule has 0 unspecified atom stereocenters. The molecule has 2 N–H and O–H groups in total. The molecule has 0 saturated heterocycles. The highest BCUT2D eigenvalue weighted by Gasteiger charge is 2.17. The van der Waals surface area contributed by atoms with Gasteiger partial charge in [-0.25, -0.2) is 13.9 Å². The molecule has 3 rings (SSSR count). The van der Waals surface area contributed by atoms with Gasteiger partial charge in [0.25, 0.3) is 0 Å². The van der Waals surface area contributed by atoms with Crippen molar-refractivity contribution in [2.24, 2.45) is 0 Å². The van der Waals surface area contributed by atoms with Gasteiger partial charge in [0.15, 0.2) is 6.61 Å². The number of esters is 1. The third-order valence-electron chi connectivity index (χ3n) is 3.53. The quantitative estimate of drug-likeness (QED) is 0.538. The molecule has 0 aliphatic rings. The Labute approximate surface area is 146 Å². The lowest BCUT2D eigenvalue weighted by atomic mass is 10.1. The van der Waals surface area contributed by atoms with Crippen molar-refractivity contribution in [3.8, 4) is 17.2 Å². The number of aromatic nitrogens is 2. The number of phenols is 2. The number of nitrogens with zero attached hydrogens (tertiary/aromatic N) is 2. The van der Waals surface area contributed by atoms with E-state index in [9.17, 15) is 24.2 Å². The molecular formula is C18H13FN2O5. The van der Waals surface area contributed by atoms with E-state index >= 15 is 0 Å². The van der Waals surface area contributed by atoms with E-state index < -0.39 is 29.9 Å². The Kier molecular flexibility index (Phi) is 4.66. The largest absolute Gasteiger partial charge is 0.508 e. The number of para-hydroxylation sites is 1. The van der Waals surface area contributed by atoms with Crippen molar-refractivity contribution < 1.29 is 28.9 Å². The van der Waals surface area contributed by atoms with Gasteiger partial charge in [0.1, 0.15) is 23.0 Å². The standard InChI is InChI=1S/C18H13FN2O5/c19-14-3-1-2-4-15(14)21-9-11(8-20-21)18(25)26-10-17(24)13-6-5-12(22)7-16(13)23/h1-9,22-23H,10H2. The summed E-state index contributed by atoms with van der Waals surface area (Å²) in [7, 11) is 0. The molecule has 0 saturated carbocycles. The van der Waals surface area contributed by atoms with Crippen LogP contribution in [0.1, 0.15) is 20.7 Å². The molecule has 0 bridgehead atoms. The SMILES string of the molecule is O=C(OCC(=O)c1ccc(O)cc1O)c1cnn(-c2ccccc2F)c1. The molecule has 0 spiro atoms. The van der Waals surface area contributed by atoms with Gasteiger partial charge in [0.05, 0.1) is 17.3 Å². The van der Waals surface area contributed by atoms with Crippen LogP contribution in [0.15, 0.2) is 54.9 Å². The molecule has 1 aromatic heterocycles. The summed E-state index contributed by atoms with van der Waals surface area (Å²) in [5, 5.41) is 22.7. The normalized spacial score (nSPS) is 10.5. The molecule has 0 amide bonds. The maximum absolute atomic E-state index is 13.7. The van der Waals surface area contributed by atoms with Crippen molar-refractivity contribution in [2.75, 3.05) is 6.61 Å². The summed E-state index contributed by atoms with van der Waals surface area (Å²) in [5.41, 5.74) is 0.116. The number of hydrogen-bond donors (Lipinski definition) is 2. The van der Waals surface area contributed by atoms with Gasteiger partial charge < -0.3 is 14.9 Å². The third kappa shape index (κ3) is 3.54. The van der Waals surface area contributed by atoms with Crippen LogP contribution in [0.3, 0.4) is 0 Å². The molecule has 2 aromatic carbocycles. The summed E-state index contributed by atoms with van der Waals surface area (Å²) in [6.07, 6.45) is 2.47. The van der Waals surface area contributed by atoms with Crippen LogP contribution in [0.2, 0.25) is 0 Å². The van der Waals surface area contributed by atoms with Gasteiger partial charge >= 0.3 is 5.97 Å². The number of Topliss-reactive ketones (excluding diaryl/α,β-unsaturated/α-hetero) is 1. The topological polar surface area (TPSA) is 102 Å². The van der Waals surface area contributed by atoms with Crippen LogP contribution in [0.25, 0.3) is 5.69 Å². The van der Waals surface area contributed by atoms with Crippen molar-refractivity contribution in [1.29, 1.82) is 0 Å². The molecule has 3 aromatic rings. The lowest BCUT2D eigenvalue weighted by molar-refractivity contribution is 0.0474. The molecule has 0 radical (unpaired) electrons. The fourth-order valence-corrected chi connectivity index (χ4v) is 2.25. The molecule has 0 aliphatic carbocycles. The van der Waals surface area contributed by atoms with E-state index in [1.54, 1.807) is 6.07 Å². The predicted octanol–water partition coefficient (Wildman–Crippen LogP) is 2.46. The van der Waals surface area contributed by atoms with Gasteiger partial charge in [-0.05, 0) is 24.3 Å². The minimum atomic E-state index is -0.820. The van der Waals surface area contributed by atoms with Crippen LogP contribution in [0, 0.1) is 5.82 Å². The number of phenolic OH excluding ortho intramolecular Hbond substituents is 2. The fourth-order valence-electron chi connectivity index (χ4n) is 2.25. The molecule has 8 heteroatoms. The number of benzene rings is 2. The number of ketones is 1. The third-order valence-corrected chi connectivity index (χ3v) is 3.53. The van der Waals surface area contributed by atoms with E-state index in [-0.39, 0.29) is 22.6 Å². The maximum Gasteiger partial charge on any atom is 0.341 e. The molecular weight excluding hydrogens is 343 g/mol. The number of ether oxygens (including phenoxy) is 1. The molecule has 0 fully saturated rings. The van der Waals surface area contributed by atoms with Crippen molar-refractivity contribution in [2.45, 2.75) is 0 Å². The van der Waals surface area contributed by atoms with E-state index in [0.717, 1.165) is 6.07 Å². The predicted molar refractivity (Wildman–Crippen MR) is 87.9 cm³/mol. The highest BCUT2D eigenvalue weighted by Crippen LogP contribution is 2.23. The van der Waals surface area contributed by atoms with Crippen LogP contribution in [0.5, 0.6) is 11.5 Å². The van der Waals surface area contributed by atoms with E-state index in [1.807, 2.05) is 0 Å². The van der Waals surface area contributed by atoms with E-state index in [4.69, 9.17) is 4.74 Å². The summed E-state index contributed by atoms with van der Waals surface area (Å²) >= 11 is 0. The monoisotopic (exact) mass is 356 g/mol. The van der Waals surface area contributed by atoms with E-state index in [1.165, 1.54) is 47.4 Å². The van der Waals surface area contributed by atoms with Crippen LogP contribution in [-0.4, -0.2) is 38.4 Å². The Bertz CT molecular complexity index is 983. The summed E-state index contributed by atoms with van der Waals surface area (Å²) in [6, 6.07) is 9.37.